The first-order valence-corrected chi connectivity index (χ1v) is 8.49. The second kappa shape index (κ2) is 6.57. The van der Waals surface area contributed by atoms with E-state index in [4.69, 9.17) is 4.74 Å². The molecule has 114 valence electrons. The van der Waals surface area contributed by atoms with Crippen molar-refractivity contribution in [2.75, 3.05) is 0 Å². The van der Waals surface area contributed by atoms with E-state index in [1.807, 2.05) is 67.6 Å². The molecule has 1 fully saturated rings. The molecule has 1 aliphatic heterocycles. The van der Waals surface area contributed by atoms with Gasteiger partial charge in [0.05, 0.1) is 0 Å². The van der Waals surface area contributed by atoms with E-state index in [1.54, 1.807) is 11.8 Å². The number of hydrogen-bond acceptors (Lipinski definition) is 3. The number of ether oxygens (including phenoxy) is 1. The summed E-state index contributed by atoms with van der Waals surface area (Å²) in [5.74, 6) is -0.104. The molecule has 2 unspecified atom stereocenters. The Labute approximate surface area is 135 Å². The molecule has 1 aliphatic rings. The topological polar surface area (TPSA) is 26.3 Å². The zero-order chi connectivity index (χ0) is 15.4. The summed E-state index contributed by atoms with van der Waals surface area (Å²) in [5, 5.41) is 0. The van der Waals surface area contributed by atoms with Crippen LogP contribution in [0.4, 0.5) is 0 Å². The van der Waals surface area contributed by atoms with E-state index in [0.29, 0.717) is 0 Å². The molecule has 0 bridgehead atoms. The smallest absolute Gasteiger partial charge is 0.322 e. The fraction of sp³-hybridized carbons (Fsp3) is 0.316. The molecule has 0 N–H and O–H groups in total. The second-order valence-electron chi connectivity index (χ2n) is 5.84. The number of carbonyl (C=O) groups excluding carboxylic acids is 1. The number of cyclic esters (lactones) is 1. The maximum absolute atomic E-state index is 12.7. The molecule has 2 nitrogen and oxygen atoms in total. The van der Waals surface area contributed by atoms with Crippen molar-refractivity contribution >= 4 is 17.7 Å². The third-order valence-corrected chi connectivity index (χ3v) is 5.39. The van der Waals surface area contributed by atoms with Crippen LogP contribution in [0, 0.1) is 0 Å². The van der Waals surface area contributed by atoms with Crippen LogP contribution < -0.4 is 0 Å². The summed E-state index contributed by atoms with van der Waals surface area (Å²) < 4.78 is 5.32. The van der Waals surface area contributed by atoms with Crippen molar-refractivity contribution in [3.8, 4) is 0 Å². The molecule has 0 radical (unpaired) electrons. The standard InChI is InChI=1S/C19H20O2S/c1-19(22-16-11-6-3-7-12-16)14-8-13-17(21-18(19)20)15-9-4-2-5-10-15/h2-7,9-12,17H,8,13-14H2,1H3. The first kappa shape index (κ1) is 15.2. The number of esters is 1. The molecule has 1 saturated heterocycles. The largest absolute Gasteiger partial charge is 0.456 e. The second-order valence-corrected chi connectivity index (χ2v) is 7.42. The summed E-state index contributed by atoms with van der Waals surface area (Å²) in [4.78, 5) is 13.8. The fourth-order valence-corrected chi connectivity index (χ4v) is 3.97. The Kier molecular flexibility index (Phi) is 4.53. The summed E-state index contributed by atoms with van der Waals surface area (Å²) in [7, 11) is 0. The van der Waals surface area contributed by atoms with Crippen LogP contribution in [-0.2, 0) is 9.53 Å². The van der Waals surface area contributed by atoms with Crippen LogP contribution in [0.2, 0.25) is 0 Å². The van der Waals surface area contributed by atoms with Gasteiger partial charge in [0, 0.05) is 4.90 Å². The molecule has 1 heterocycles. The first-order valence-electron chi connectivity index (χ1n) is 7.67. The maximum atomic E-state index is 12.7. The minimum Gasteiger partial charge on any atom is -0.456 e. The van der Waals surface area contributed by atoms with Crippen LogP contribution in [0.15, 0.2) is 65.6 Å². The Morgan fingerprint density at radius 1 is 1.05 bits per heavy atom. The van der Waals surface area contributed by atoms with E-state index in [1.165, 1.54) is 0 Å². The van der Waals surface area contributed by atoms with Gasteiger partial charge < -0.3 is 4.74 Å². The van der Waals surface area contributed by atoms with Gasteiger partial charge in [-0.25, -0.2) is 0 Å². The van der Waals surface area contributed by atoms with E-state index in [2.05, 4.69) is 0 Å². The Morgan fingerprint density at radius 3 is 2.36 bits per heavy atom. The molecule has 0 spiro atoms. The number of hydrogen-bond donors (Lipinski definition) is 0. The van der Waals surface area contributed by atoms with Crippen molar-refractivity contribution in [3.05, 3.63) is 66.2 Å². The molecule has 3 rings (SSSR count). The molecule has 2 aromatic rings. The SMILES string of the molecule is CC1(Sc2ccccc2)CCCC(c2ccccc2)OC1=O. The van der Waals surface area contributed by atoms with Gasteiger partial charge in [-0.15, -0.1) is 11.8 Å². The fourth-order valence-electron chi connectivity index (χ4n) is 2.78. The average molecular weight is 312 g/mol. The van der Waals surface area contributed by atoms with Crippen molar-refractivity contribution in [2.24, 2.45) is 0 Å². The van der Waals surface area contributed by atoms with Gasteiger partial charge in [-0.3, -0.25) is 4.79 Å². The van der Waals surface area contributed by atoms with Crippen molar-refractivity contribution in [1.82, 2.24) is 0 Å². The highest BCUT2D eigenvalue weighted by molar-refractivity contribution is 8.01. The number of carbonyl (C=O) groups is 1. The van der Waals surface area contributed by atoms with Crippen LogP contribution >= 0.6 is 11.8 Å². The van der Waals surface area contributed by atoms with Gasteiger partial charge in [0.25, 0.3) is 0 Å². The quantitative estimate of drug-likeness (QED) is 0.746. The lowest BCUT2D eigenvalue weighted by Crippen LogP contribution is -2.32. The van der Waals surface area contributed by atoms with E-state index < -0.39 is 4.75 Å². The third-order valence-electron chi connectivity index (χ3n) is 4.06. The maximum Gasteiger partial charge on any atom is 0.322 e. The predicted octanol–water partition coefficient (Wildman–Crippen LogP) is 5.01. The third kappa shape index (κ3) is 3.36. The molecule has 0 saturated carbocycles. The predicted molar refractivity (Wildman–Crippen MR) is 89.8 cm³/mol. The van der Waals surface area contributed by atoms with Crippen LogP contribution in [0.1, 0.15) is 37.9 Å². The molecule has 2 aromatic carbocycles. The monoisotopic (exact) mass is 312 g/mol. The van der Waals surface area contributed by atoms with Crippen LogP contribution in [0.5, 0.6) is 0 Å². The van der Waals surface area contributed by atoms with E-state index in [0.717, 1.165) is 29.7 Å². The highest BCUT2D eigenvalue weighted by Gasteiger charge is 2.39. The Morgan fingerprint density at radius 2 is 1.68 bits per heavy atom. The van der Waals surface area contributed by atoms with Gasteiger partial charge in [0.1, 0.15) is 10.9 Å². The van der Waals surface area contributed by atoms with Gasteiger partial charge in [-0.05, 0) is 43.9 Å². The first-order chi connectivity index (χ1) is 10.7. The molecular weight excluding hydrogens is 292 g/mol. The number of benzene rings is 2. The Balaban J connectivity index is 1.77. The molecular formula is C19H20O2S. The van der Waals surface area contributed by atoms with Crippen LogP contribution in [0.25, 0.3) is 0 Å². The lowest BCUT2D eigenvalue weighted by Gasteiger charge is -2.25. The minimum absolute atomic E-state index is 0.104. The molecule has 3 heteroatoms. The highest BCUT2D eigenvalue weighted by atomic mass is 32.2. The molecule has 22 heavy (non-hydrogen) atoms. The summed E-state index contributed by atoms with van der Waals surface area (Å²) >= 11 is 1.61. The molecule has 0 aliphatic carbocycles. The van der Waals surface area contributed by atoms with Crippen molar-refractivity contribution in [1.29, 1.82) is 0 Å². The van der Waals surface area contributed by atoms with E-state index >= 15 is 0 Å². The van der Waals surface area contributed by atoms with Gasteiger partial charge >= 0.3 is 5.97 Å². The zero-order valence-corrected chi connectivity index (χ0v) is 13.5. The van der Waals surface area contributed by atoms with Gasteiger partial charge in [-0.2, -0.15) is 0 Å². The van der Waals surface area contributed by atoms with E-state index in [9.17, 15) is 4.79 Å². The van der Waals surface area contributed by atoms with Gasteiger partial charge in [0.15, 0.2) is 0 Å². The summed E-state index contributed by atoms with van der Waals surface area (Å²) in [5.41, 5.74) is 1.09. The van der Waals surface area contributed by atoms with Gasteiger partial charge in [-0.1, -0.05) is 48.5 Å². The lowest BCUT2D eigenvalue weighted by atomic mass is 10.0. The number of thioether (sulfide) groups is 1. The summed E-state index contributed by atoms with van der Waals surface area (Å²) in [6.45, 7) is 2.00. The highest BCUT2D eigenvalue weighted by Crippen LogP contribution is 2.42. The summed E-state index contributed by atoms with van der Waals surface area (Å²) in [6.07, 6.45) is 2.60. The van der Waals surface area contributed by atoms with Crippen molar-refractivity contribution < 1.29 is 9.53 Å². The van der Waals surface area contributed by atoms with E-state index in [-0.39, 0.29) is 12.1 Å². The van der Waals surface area contributed by atoms with Crippen LogP contribution in [0.3, 0.4) is 0 Å². The summed E-state index contributed by atoms with van der Waals surface area (Å²) in [6, 6.07) is 20.1. The normalized spacial score (nSPS) is 25.3. The molecule has 2 atom stereocenters. The van der Waals surface area contributed by atoms with Crippen LogP contribution in [-0.4, -0.2) is 10.7 Å². The Hall–Kier alpha value is -1.74. The Bertz CT molecular complexity index is 626. The zero-order valence-electron chi connectivity index (χ0n) is 12.7. The molecule has 0 aromatic heterocycles. The van der Waals surface area contributed by atoms with Gasteiger partial charge in [0.2, 0.25) is 0 Å². The molecule has 0 amide bonds. The minimum atomic E-state index is -0.509. The lowest BCUT2D eigenvalue weighted by molar-refractivity contribution is -0.150. The number of rotatable bonds is 3. The van der Waals surface area contributed by atoms with Crippen molar-refractivity contribution in [2.45, 2.75) is 41.9 Å². The van der Waals surface area contributed by atoms with Crippen molar-refractivity contribution in [3.63, 3.8) is 0 Å². The average Bonchev–Trinajstić information content (AvgIpc) is 2.69.